The van der Waals surface area contributed by atoms with Crippen molar-refractivity contribution >= 4 is 32.3 Å². The molecule has 6 nitrogen and oxygen atoms in total. The predicted octanol–water partition coefficient (Wildman–Crippen LogP) is 7.44. The Labute approximate surface area is 247 Å². The minimum Gasteiger partial charge on any atom is -0.481 e. The lowest BCUT2D eigenvalue weighted by Crippen LogP contribution is -2.26. The molecule has 2 unspecified atom stereocenters. The van der Waals surface area contributed by atoms with Crippen molar-refractivity contribution in [3.05, 3.63) is 120 Å². The third-order valence-corrected chi connectivity index (χ3v) is 9.10. The van der Waals surface area contributed by atoms with Crippen LogP contribution in [0.5, 0.6) is 0 Å². The molecule has 0 aliphatic carbocycles. The van der Waals surface area contributed by atoms with E-state index in [1.165, 1.54) is 6.07 Å². The van der Waals surface area contributed by atoms with E-state index in [4.69, 9.17) is 9.52 Å². The van der Waals surface area contributed by atoms with E-state index in [0.717, 1.165) is 39.2 Å². The van der Waals surface area contributed by atoms with Crippen molar-refractivity contribution in [2.45, 2.75) is 37.1 Å². The summed E-state index contributed by atoms with van der Waals surface area (Å²) in [4.78, 5) is 18.0. The molecule has 2 aromatic heterocycles. The molecule has 3 aromatic carbocycles. The predicted molar refractivity (Wildman–Crippen MR) is 161 cm³/mol. The topological polar surface area (TPSA) is 83.6 Å². The first kappa shape index (κ1) is 30.1. The highest BCUT2D eigenvalue weighted by Gasteiger charge is 2.35. The highest BCUT2D eigenvalue weighted by Crippen LogP contribution is 2.34. The van der Waals surface area contributed by atoms with Gasteiger partial charge >= 0.3 is 12.1 Å². The normalized spacial score (nSPS) is 14.1. The first-order chi connectivity index (χ1) is 20.4. The monoisotopic (exact) mass is 606 g/mol. The van der Waals surface area contributed by atoms with Crippen LogP contribution in [0.2, 0.25) is 0 Å². The van der Waals surface area contributed by atoms with Crippen molar-refractivity contribution in [1.29, 1.82) is 0 Å². The number of pyridine rings is 1. The second-order valence-corrected chi connectivity index (χ2v) is 12.7. The molecule has 10 heteroatoms. The molecule has 43 heavy (non-hydrogen) atoms. The van der Waals surface area contributed by atoms with Gasteiger partial charge in [0.2, 0.25) is 5.76 Å². The fourth-order valence-corrected chi connectivity index (χ4v) is 6.29. The Hall–Kier alpha value is -4.41. The smallest absolute Gasteiger partial charge is 0.449 e. The number of carboxylic acid groups (broad SMARTS) is 1. The number of hydrogen-bond donors (Lipinski definition) is 1. The van der Waals surface area contributed by atoms with E-state index in [0.29, 0.717) is 11.4 Å². The van der Waals surface area contributed by atoms with Gasteiger partial charge in [-0.3, -0.25) is 18.9 Å². The number of aliphatic carboxylic acids is 1. The van der Waals surface area contributed by atoms with Gasteiger partial charge in [-0.25, -0.2) is 0 Å². The average molecular weight is 607 g/mol. The molecule has 0 aliphatic heterocycles. The number of carboxylic acids is 1. The minimum absolute atomic E-state index is 0.138. The molecule has 0 fully saturated rings. The molecule has 5 rings (SSSR count). The summed E-state index contributed by atoms with van der Waals surface area (Å²) in [6.07, 6.45) is -2.85. The Bertz CT molecular complexity index is 1860. The van der Waals surface area contributed by atoms with Crippen molar-refractivity contribution in [2.24, 2.45) is 0 Å². The largest absolute Gasteiger partial charge is 0.481 e. The molecule has 0 aliphatic rings. The Kier molecular flexibility index (Phi) is 8.43. The maximum Gasteiger partial charge on any atom is 0.449 e. The number of alkyl halides is 3. The van der Waals surface area contributed by atoms with Crippen molar-refractivity contribution in [2.75, 3.05) is 5.75 Å². The van der Waals surface area contributed by atoms with Crippen LogP contribution < -0.4 is 0 Å². The Morgan fingerprint density at radius 1 is 0.977 bits per heavy atom. The summed E-state index contributed by atoms with van der Waals surface area (Å²) < 4.78 is 57.8. The number of carbonyl (C=O) groups is 1. The molecular weight excluding hydrogens is 577 g/mol. The van der Waals surface area contributed by atoms with Crippen molar-refractivity contribution in [3.63, 3.8) is 0 Å². The van der Waals surface area contributed by atoms with Gasteiger partial charge in [0.05, 0.1) is 12.1 Å². The van der Waals surface area contributed by atoms with Crippen LogP contribution in [-0.4, -0.2) is 36.8 Å². The average Bonchev–Trinajstić information content (AvgIpc) is 3.45. The molecule has 0 bridgehead atoms. The van der Waals surface area contributed by atoms with Gasteiger partial charge < -0.3 is 9.52 Å². The van der Waals surface area contributed by atoms with E-state index >= 15 is 0 Å². The van der Waals surface area contributed by atoms with Gasteiger partial charge in [0.15, 0.2) is 0 Å². The highest BCUT2D eigenvalue weighted by atomic mass is 32.2. The second-order valence-electron chi connectivity index (χ2n) is 10.3. The summed E-state index contributed by atoms with van der Waals surface area (Å²) in [6, 6.07) is 26.2. The standard InChI is InChI=1S/C33H29F3N2O4S/c1-22(28-8-4-10-30-29(28)9-5-17-37-30)38(20-26-15-16-31(42-26)33(34,35)36)19-23-11-13-24(14-12-23)25-6-3-7-27(18-25)43(2,41)21-32(39)40/h3-18,22H,2,19-21H2,1H3,(H,39,40). The molecule has 0 saturated carbocycles. The fraction of sp³-hybridized carbons (Fsp3) is 0.182. The molecule has 0 saturated heterocycles. The van der Waals surface area contributed by atoms with Gasteiger partial charge in [-0.2, -0.15) is 13.2 Å². The molecular formula is C33H29F3N2O4S. The van der Waals surface area contributed by atoms with Crippen LogP contribution in [0.25, 0.3) is 22.0 Å². The zero-order valence-electron chi connectivity index (χ0n) is 23.3. The number of benzene rings is 3. The van der Waals surface area contributed by atoms with Crippen LogP contribution in [0, 0.1) is 0 Å². The molecule has 1 N–H and O–H groups in total. The Balaban J connectivity index is 1.44. The summed E-state index contributed by atoms with van der Waals surface area (Å²) in [5, 5.41) is 10.1. The molecule has 222 valence electrons. The van der Waals surface area contributed by atoms with Crippen LogP contribution in [-0.2, 0) is 33.6 Å². The number of aromatic nitrogens is 1. The molecule has 5 aromatic rings. The lowest BCUT2D eigenvalue weighted by atomic mass is 9.99. The summed E-state index contributed by atoms with van der Waals surface area (Å²) in [5.74, 6) is 1.06. The van der Waals surface area contributed by atoms with Gasteiger partial charge in [0.25, 0.3) is 0 Å². The van der Waals surface area contributed by atoms with Gasteiger partial charge in [-0.05, 0) is 71.4 Å². The van der Waals surface area contributed by atoms with Gasteiger partial charge in [0, 0.05) is 38.6 Å². The minimum atomic E-state index is -4.57. The van der Waals surface area contributed by atoms with Crippen molar-refractivity contribution in [3.8, 4) is 11.1 Å². The lowest BCUT2D eigenvalue weighted by molar-refractivity contribution is -0.153. The van der Waals surface area contributed by atoms with Crippen LogP contribution in [0.3, 0.4) is 0 Å². The van der Waals surface area contributed by atoms with Crippen LogP contribution >= 0.6 is 0 Å². The second kappa shape index (κ2) is 12.1. The molecule has 2 heterocycles. The lowest BCUT2D eigenvalue weighted by Gasteiger charge is -2.29. The number of furan rings is 1. The van der Waals surface area contributed by atoms with Gasteiger partial charge in [0.1, 0.15) is 11.5 Å². The highest BCUT2D eigenvalue weighted by molar-refractivity contribution is 8.00. The van der Waals surface area contributed by atoms with E-state index < -0.39 is 33.2 Å². The van der Waals surface area contributed by atoms with E-state index in [2.05, 4.69) is 10.9 Å². The third kappa shape index (κ3) is 6.98. The Morgan fingerprint density at radius 2 is 1.72 bits per heavy atom. The van der Waals surface area contributed by atoms with Gasteiger partial charge in [-0.1, -0.05) is 54.6 Å². The van der Waals surface area contributed by atoms with Crippen LogP contribution in [0.15, 0.2) is 107 Å². The number of hydrogen-bond acceptors (Lipinski definition) is 5. The van der Waals surface area contributed by atoms with E-state index in [1.807, 2.05) is 72.5 Å². The molecule has 0 amide bonds. The molecule has 0 spiro atoms. The number of rotatable bonds is 10. The molecule has 0 radical (unpaired) electrons. The van der Waals surface area contributed by atoms with Gasteiger partial charge in [-0.15, -0.1) is 0 Å². The van der Waals surface area contributed by atoms with E-state index in [-0.39, 0.29) is 18.3 Å². The zero-order chi connectivity index (χ0) is 30.8. The maximum absolute atomic E-state index is 13.2. The summed E-state index contributed by atoms with van der Waals surface area (Å²) in [7, 11) is -2.99. The summed E-state index contributed by atoms with van der Waals surface area (Å²) in [6.45, 7) is 2.55. The fourth-order valence-electron chi connectivity index (χ4n) is 5.06. The summed E-state index contributed by atoms with van der Waals surface area (Å²) in [5.41, 5.74) is 4.32. The van der Waals surface area contributed by atoms with Crippen LogP contribution in [0.1, 0.15) is 35.6 Å². The number of nitrogens with zero attached hydrogens (tertiary/aromatic N) is 2. The van der Waals surface area contributed by atoms with E-state index in [9.17, 15) is 22.2 Å². The zero-order valence-corrected chi connectivity index (χ0v) is 24.1. The van der Waals surface area contributed by atoms with Crippen LogP contribution in [0.4, 0.5) is 13.2 Å². The first-order valence-corrected chi connectivity index (χ1v) is 15.3. The quantitative estimate of drug-likeness (QED) is 0.167. The molecule has 2 atom stereocenters. The first-order valence-electron chi connectivity index (χ1n) is 13.4. The number of halogens is 3. The summed E-state index contributed by atoms with van der Waals surface area (Å²) >= 11 is 0. The number of fused-ring (bicyclic) bond motifs is 1. The Morgan fingerprint density at radius 3 is 2.42 bits per heavy atom. The van der Waals surface area contributed by atoms with Crippen molar-refractivity contribution in [1.82, 2.24) is 9.88 Å². The maximum atomic E-state index is 13.2. The van der Waals surface area contributed by atoms with Crippen molar-refractivity contribution < 1.29 is 31.7 Å². The SMILES string of the molecule is C=S(=O)(CC(=O)O)c1cccc(-c2ccc(CN(Cc3ccc(C(F)(F)F)o3)C(C)c3cccc4ncccc34)cc2)c1. The third-order valence-electron chi connectivity index (χ3n) is 7.27. The van der Waals surface area contributed by atoms with E-state index in [1.54, 1.807) is 24.4 Å².